The van der Waals surface area contributed by atoms with Crippen LogP contribution in [0.25, 0.3) is 0 Å². The van der Waals surface area contributed by atoms with Crippen molar-refractivity contribution in [2.75, 3.05) is 27.4 Å². The van der Waals surface area contributed by atoms with E-state index in [1.165, 1.54) is 7.11 Å². The van der Waals surface area contributed by atoms with Gasteiger partial charge in [-0.25, -0.2) is 4.79 Å². The summed E-state index contributed by atoms with van der Waals surface area (Å²) in [6.07, 6.45) is 5.12. The molecule has 5 rings (SSSR count). The van der Waals surface area contributed by atoms with Gasteiger partial charge < -0.3 is 28.4 Å². The first-order valence-electron chi connectivity index (χ1n) is 12.8. The number of ether oxygens (including phenoxy) is 6. The Bertz CT molecular complexity index is 871. The van der Waals surface area contributed by atoms with Gasteiger partial charge in [-0.05, 0) is 63.2 Å². The van der Waals surface area contributed by atoms with Gasteiger partial charge >= 0.3 is 11.9 Å². The van der Waals surface area contributed by atoms with Gasteiger partial charge in [0.05, 0.1) is 7.11 Å². The summed E-state index contributed by atoms with van der Waals surface area (Å²) in [6, 6.07) is 0. The van der Waals surface area contributed by atoms with Crippen molar-refractivity contribution in [2.45, 2.75) is 77.7 Å². The van der Waals surface area contributed by atoms with Gasteiger partial charge in [0.2, 0.25) is 5.79 Å². The molecule has 0 N–H and O–H groups in total. The zero-order valence-electron chi connectivity index (χ0n) is 21.0. The van der Waals surface area contributed by atoms with Crippen molar-refractivity contribution < 1.29 is 38.0 Å². The summed E-state index contributed by atoms with van der Waals surface area (Å²) in [5, 5.41) is 0. The zero-order chi connectivity index (χ0) is 24.3. The average molecular weight is 479 g/mol. The highest BCUT2D eigenvalue weighted by Crippen LogP contribution is 2.72. The van der Waals surface area contributed by atoms with Crippen LogP contribution >= 0.6 is 0 Å². The molecule has 0 radical (unpaired) electrons. The van der Waals surface area contributed by atoms with Crippen molar-refractivity contribution in [3.8, 4) is 0 Å². The molecule has 8 nitrogen and oxygen atoms in total. The van der Waals surface area contributed by atoms with Crippen molar-refractivity contribution in [1.82, 2.24) is 0 Å². The lowest BCUT2D eigenvalue weighted by atomic mass is 9.40. The summed E-state index contributed by atoms with van der Waals surface area (Å²) in [5.41, 5.74) is -0.368. The molecule has 8 heteroatoms. The minimum absolute atomic E-state index is 0.0220. The second-order valence-electron chi connectivity index (χ2n) is 10.6. The molecule has 0 amide bonds. The Morgan fingerprint density at radius 3 is 2.62 bits per heavy atom. The van der Waals surface area contributed by atoms with E-state index in [4.69, 9.17) is 28.4 Å². The number of carbonyl (C=O) groups is 2. The van der Waals surface area contributed by atoms with Crippen molar-refractivity contribution >= 4 is 11.9 Å². The predicted molar refractivity (Wildman–Crippen MR) is 120 cm³/mol. The molecular weight excluding hydrogens is 440 g/mol. The van der Waals surface area contributed by atoms with Crippen LogP contribution < -0.4 is 0 Å². The summed E-state index contributed by atoms with van der Waals surface area (Å²) in [6.45, 7) is 6.89. The molecular formula is C26H38O8. The molecule has 0 aromatic carbocycles. The van der Waals surface area contributed by atoms with E-state index >= 15 is 0 Å². The number of hydrogen-bond donors (Lipinski definition) is 0. The van der Waals surface area contributed by atoms with E-state index in [1.807, 2.05) is 13.8 Å². The first-order chi connectivity index (χ1) is 16.3. The number of esters is 2. The Morgan fingerprint density at radius 2 is 1.94 bits per heavy atom. The molecule has 190 valence electrons. The maximum atomic E-state index is 13.5. The maximum absolute atomic E-state index is 13.5. The molecule has 9 atom stereocenters. The first kappa shape index (κ1) is 24.2. The topological polar surface area (TPSA) is 89.5 Å². The number of fused-ring (bicyclic) bond motifs is 2. The van der Waals surface area contributed by atoms with Crippen molar-refractivity contribution in [2.24, 2.45) is 34.5 Å². The largest absolute Gasteiger partial charge is 0.468 e. The van der Waals surface area contributed by atoms with Crippen LogP contribution in [0.1, 0.15) is 59.3 Å². The fourth-order valence-corrected chi connectivity index (χ4v) is 8.68. The summed E-state index contributed by atoms with van der Waals surface area (Å²) >= 11 is 0. The van der Waals surface area contributed by atoms with E-state index < -0.39 is 29.2 Å². The molecule has 0 aromatic rings. The van der Waals surface area contributed by atoms with Crippen LogP contribution in [0.5, 0.6) is 0 Å². The lowest BCUT2D eigenvalue weighted by molar-refractivity contribution is -0.401. The van der Waals surface area contributed by atoms with Crippen LogP contribution in [-0.4, -0.2) is 57.7 Å². The molecule has 0 aromatic heterocycles. The third kappa shape index (κ3) is 2.98. The van der Waals surface area contributed by atoms with Crippen molar-refractivity contribution in [3.63, 3.8) is 0 Å². The quantitative estimate of drug-likeness (QED) is 0.535. The highest BCUT2D eigenvalue weighted by Gasteiger charge is 2.75. The Kier molecular flexibility index (Phi) is 6.11. The Labute approximate surface area is 201 Å². The van der Waals surface area contributed by atoms with Crippen LogP contribution in [0.2, 0.25) is 0 Å². The van der Waals surface area contributed by atoms with Crippen LogP contribution in [0, 0.1) is 34.5 Å². The summed E-state index contributed by atoms with van der Waals surface area (Å²) < 4.78 is 36.2. The van der Waals surface area contributed by atoms with E-state index in [1.54, 1.807) is 13.2 Å². The number of methoxy groups -OCH3 is 2. The lowest BCUT2D eigenvalue weighted by Crippen LogP contribution is -2.72. The Hall–Kier alpha value is -1.48. The number of carbonyl (C=O) groups excluding carboxylic acids is 2. The summed E-state index contributed by atoms with van der Waals surface area (Å²) in [7, 11) is 3.13. The molecule has 0 spiro atoms. The van der Waals surface area contributed by atoms with E-state index in [0.29, 0.717) is 32.0 Å². The van der Waals surface area contributed by atoms with Crippen LogP contribution in [0.4, 0.5) is 0 Å². The molecule has 2 aliphatic heterocycles. The molecule has 3 saturated carbocycles. The minimum Gasteiger partial charge on any atom is -0.468 e. The van der Waals surface area contributed by atoms with Crippen LogP contribution in [0.3, 0.4) is 0 Å². The third-order valence-corrected chi connectivity index (χ3v) is 9.65. The number of hydrogen-bond acceptors (Lipinski definition) is 8. The fraction of sp³-hybridized carbons (Fsp3) is 0.846. The standard InChI is InChI=1S/C26H38O8/c1-6-31-23-25(21(28)29-4)12-8-11-24(22(30-5)33-23)18-14-26(32-7-2)17(13-20(27)34-26)15(3)16(18)9-10-19(24)25/h13,15-16,18-19,22-23H,6-12,14H2,1-5H3. The van der Waals surface area contributed by atoms with Gasteiger partial charge in [-0.15, -0.1) is 0 Å². The molecule has 9 unspecified atom stereocenters. The number of rotatable bonds is 6. The summed E-state index contributed by atoms with van der Waals surface area (Å²) in [5.74, 6) is -1.16. The first-order valence-corrected chi connectivity index (χ1v) is 12.8. The molecule has 34 heavy (non-hydrogen) atoms. The van der Waals surface area contributed by atoms with E-state index in [2.05, 4.69) is 6.92 Å². The molecule has 2 bridgehead atoms. The van der Waals surface area contributed by atoms with Gasteiger partial charge in [0.25, 0.3) is 0 Å². The van der Waals surface area contributed by atoms with Crippen LogP contribution in [0.15, 0.2) is 11.6 Å². The van der Waals surface area contributed by atoms with E-state index in [9.17, 15) is 9.59 Å². The van der Waals surface area contributed by atoms with Gasteiger partial charge in [-0.3, -0.25) is 4.79 Å². The van der Waals surface area contributed by atoms with Gasteiger partial charge in [0.15, 0.2) is 12.6 Å². The zero-order valence-corrected chi connectivity index (χ0v) is 21.0. The Balaban J connectivity index is 1.65. The average Bonchev–Trinajstić information content (AvgIpc) is 3.16. The van der Waals surface area contributed by atoms with E-state index in [0.717, 1.165) is 31.3 Å². The molecule has 3 aliphatic carbocycles. The van der Waals surface area contributed by atoms with Gasteiger partial charge in [-0.1, -0.05) is 13.3 Å². The normalized spacial score (nSPS) is 47.1. The van der Waals surface area contributed by atoms with Gasteiger partial charge in [0.1, 0.15) is 5.41 Å². The smallest absolute Gasteiger partial charge is 0.333 e. The predicted octanol–water partition coefficient (Wildman–Crippen LogP) is 3.58. The molecule has 5 aliphatic rings. The minimum atomic E-state index is -1.05. The van der Waals surface area contributed by atoms with Crippen molar-refractivity contribution in [3.05, 3.63) is 11.6 Å². The molecule has 2 heterocycles. The Morgan fingerprint density at radius 1 is 1.15 bits per heavy atom. The maximum Gasteiger partial charge on any atom is 0.333 e. The van der Waals surface area contributed by atoms with Gasteiger partial charge in [0, 0.05) is 43.8 Å². The monoisotopic (exact) mass is 478 g/mol. The second-order valence-corrected chi connectivity index (χ2v) is 10.6. The highest BCUT2D eigenvalue weighted by atomic mass is 16.8. The SMILES string of the molecule is CCOC1OC(OC)C23CCCC1(C(=O)OC)C2CCC1C(C)C2=CC(=O)OC2(OCC)CC13. The second kappa shape index (κ2) is 8.57. The molecule has 1 saturated heterocycles. The van der Waals surface area contributed by atoms with Crippen molar-refractivity contribution in [1.29, 1.82) is 0 Å². The molecule has 4 fully saturated rings. The third-order valence-electron chi connectivity index (χ3n) is 9.65. The highest BCUT2D eigenvalue weighted by molar-refractivity contribution is 5.86. The van der Waals surface area contributed by atoms with E-state index in [-0.39, 0.29) is 29.7 Å². The van der Waals surface area contributed by atoms with Gasteiger partial charge in [-0.2, -0.15) is 0 Å². The van der Waals surface area contributed by atoms with Crippen LogP contribution in [-0.2, 0) is 38.0 Å². The summed E-state index contributed by atoms with van der Waals surface area (Å²) in [4.78, 5) is 26.0. The fourth-order valence-electron chi connectivity index (χ4n) is 8.68. The lowest BCUT2D eigenvalue weighted by Gasteiger charge is -2.68.